The maximum atomic E-state index is 12.4. The number of aryl methyl sites for hydroxylation is 1. The lowest BCUT2D eigenvalue weighted by molar-refractivity contribution is 0.0640. The Labute approximate surface area is 145 Å². The van der Waals surface area contributed by atoms with Crippen LogP contribution in [0.1, 0.15) is 16.1 Å². The van der Waals surface area contributed by atoms with Crippen LogP contribution in [0.4, 0.5) is 10.5 Å². The normalized spacial score (nSPS) is 14.6. The number of piperazine rings is 1. The van der Waals surface area contributed by atoms with Crippen molar-refractivity contribution in [2.75, 3.05) is 31.5 Å². The highest BCUT2D eigenvalue weighted by molar-refractivity contribution is 6.30. The molecule has 0 unspecified atom stereocenters. The Balaban J connectivity index is 1.56. The van der Waals surface area contributed by atoms with Gasteiger partial charge in [0.2, 0.25) is 0 Å². The third-order valence-corrected chi connectivity index (χ3v) is 4.25. The standard InChI is InChI=1S/C17H18ClN3O3/c1-12-11-13(18)4-5-14(12)19-17(23)21-8-6-20(7-9-21)16(22)15-3-2-10-24-15/h2-5,10-11H,6-9H2,1H3,(H,19,23). The molecule has 1 aromatic carbocycles. The fraction of sp³-hybridized carbons (Fsp3) is 0.294. The van der Waals surface area contributed by atoms with Crippen LogP contribution in [0.25, 0.3) is 0 Å². The van der Waals surface area contributed by atoms with Gasteiger partial charge in [0.05, 0.1) is 6.26 Å². The Bertz CT molecular complexity index is 738. The summed E-state index contributed by atoms with van der Waals surface area (Å²) in [5.74, 6) is 0.179. The van der Waals surface area contributed by atoms with E-state index in [9.17, 15) is 9.59 Å². The molecule has 126 valence electrons. The maximum Gasteiger partial charge on any atom is 0.321 e. The zero-order valence-electron chi connectivity index (χ0n) is 13.3. The van der Waals surface area contributed by atoms with Gasteiger partial charge in [0.25, 0.3) is 5.91 Å². The van der Waals surface area contributed by atoms with E-state index in [1.54, 1.807) is 40.1 Å². The van der Waals surface area contributed by atoms with E-state index in [1.807, 2.05) is 6.92 Å². The molecule has 6 nitrogen and oxygen atoms in total. The highest BCUT2D eigenvalue weighted by Gasteiger charge is 2.26. The first-order valence-electron chi connectivity index (χ1n) is 7.69. The first kappa shape index (κ1) is 16.4. The molecule has 0 aliphatic carbocycles. The third-order valence-electron chi connectivity index (χ3n) is 4.02. The molecule has 2 aromatic rings. The fourth-order valence-electron chi connectivity index (χ4n) is 2.63. The van der Waals surface area contributed by atoms with E-state index < -0.39 is 0 Å². The van der Waals surface area contributed by atoms with Gasteiger partial charge in [0.1, 0.15) is 0 Å². The second-order valence-electron chi connectivity index (χ2n) is 5.65. The molecular weight excluding hydrogens is 330 g/mol. The molecule has 2 heterocycles. The number of furan rings is 1. The topological polar surface area (TPSA) is 65.8 Å². The van der Waals surface area contributed by atoms with E-state index in [2.05, 4.69) is 5.32 Å². The summed E-state index contributed by atoms with van der Waals surface area (Å²) in [6.07, 6.45) is 1.48. The van der Waals surface area contributed by atoms with E-state index in [0.717, 1.165) is 11.3 Å². The van der Waals surface area contributed by atoms with Crippen molar-refractivity contribution in [2.45, 2.75) is 6.92 Å². The number of carbonyl (C=O) groups excluding carboxylic acids is 2. The Kier molecular flexibility index (Phi) is 4.76. The van der Waals surface area contributed by atoms with Crippen molar-refractivity contribution < 1.29 is 14.0 Å². The zero-order valence-corrected chi connectivity index (χ0v) is 14.0. The van der Waals surface area contributed by atoms with Crippen molar-refractivity contribution in [3.05, 3.63) is 52.9 Å². The Hall–Kier alpha value is -2.47. The van der Waals surface area contributed by atoms with Crippen LogP contribution >= 0.6 is 11.6 Å². The predicted molar refractivity (Wildman–Crippen MR) is 91.4 cm³/mol. The number of nitrogens with one attached hydrogen (secondary N) is 1. The van der Waals surface area contributed by atoms with Gasteiger partial charge in [-0.05, 0) is 42.8 Å². The minimum atomic E-state index is -0.175. The smallest absolute Gasteiger partial charge is 0.321 e. The van der Waals surface area contributed by atoms with Crippen LogP contribution < -0.4 is 5.32 Å². The molecular formula is C17H18ClN3O3. The van der Waals surface area contributed by atoms with Gasteiger partial charge in [-0.3, -0.25) is 4.79 Å². The molecule has 1 saturated heterocycles. The van der Waals surface area contributed by atoms with Crippen LogP contribution in [0.15, 0.2) is 41.0 Å². The quantitative estimate of drug-likeness (QED) is 0.907. The number of halogens is 1. The van der Waals surface area contributed by atoms with Gasteiger partial charge in [-0.15, -0.1) is 0 Å². The van der Waals surface area contributed by atoms with Gasteiger partial charge in [-0.1, -0.05) is 11.6 Å². The minimum absolute atomic E-state index is 0.145. The molecule has 0 atom stereocenters. The molecule has 1 aliphatic rings. The lowest BCUT2D eigenvalue weighted by atomic mass is 10.2. The number of urea groups is 1. The summed E-state index contributed by atoms with van der Waals surface area (Å²) in [7, 11) is 0. The van der Waals surface area contributed by atoms with Crippen molar-refractivity contribution in [1.82, 2.24) is 9.80 Å². The first-order valence-corrected chi connectivity index (χ1v) is 8.07. The lowest BCUT2D eigenvalue weighted by Crippen LogP contribution is -2.51. The number of amides is 3. The van der Waals surface area contributed by atoms with Crippen molar-refractivity contribution in [3.8, 4) is 0 Å². The molecule has 3 rings (SSSR count). The lowest BCUT2D eigenvalue weighted by Gasteiger charge is -2.34. The predicted octanol–water partition coefficient (Wildman–Crippen LogP) is 3.23. The third kappa shape index (κ3) is 3.54. The van der Waals surface area contributed by atoms with Crippen molar-refractivity contribution in [1.29, 1.82) is 0 Å². The molecule has 0 radical (unpaired) electrons. The summed E-state index contributed by atoms with van der Waals surface area (Å²) in [6.45, 7) is 3.80. The van der Waals surface area contributed by atoms with Gasteiger partial charge in [-0.2, -0.15) is 0 Å². The highest BCUT2D eigenvalue weighted by atomic mass is 35.5. The largest absolute Gasteiger partial charge is 0.459 e. The zero-order chi connectivity index (χ0) is 17.1. The Morgan fingerprint density at radius 1 is 1.12 bits per heavy atom. The average molecular weight is 348 g/mol. The number of rotatable bonds is 2. The number of anilines is 1. The van der Waals surface area contributed by atoms with Crippen LogP contribution in [-0.4, -0.2) is 47.9 Å². The molecule has 0 bridgehead atoms. The molecule has 0 saturated carbocycles. The average Bonchev–Trinajstić information content (AvgIpc) is 3.11. The van der Waals surface area contributed by atoms with Crippen molar-refractivity contribution >= 4 is 29.2 Å². The van der Waals surface area contributed by atoms with E-state index >= 15 is 0 Å². The van der Waals surface area contributed by atoms with E-state index in [4.69, 9.17) is 16.0 Å². The van der Waals surface area contributed by atoms with Crippen LogP contribution in [0, 0.1) is 6.92 Å². The van der Waals surface area contributed by atoms with Crippen molar-refractivity contribution in [3.63, 3.8) is 0 Å². The summed E-state index contributed by atoms with van der Waals surface area (Å²) < 4.78 is 5.13. The Morgan fingerprint density at radius 2 is 1.83 bits per heavy atom. The Morgan fingerprint density at radius 3 is 2.46 bits per heavy atom. The molecule has 3 amide bonds. The number of nitrogens with zero attached hydrogens (tertiary/aromatic N) is 2. The summed E-state index contributed by atoms with van der Waals surface area (Å²) in [5, 5.41) is 3.52. The number of hydrogen-bond donors (Lipinski definition) is 1. The minimum Gasteiger partial charge on any atom is -0.459 e. The van der Waals surface area contributed by atoms with Gasteiger partial charge in [0.15, 0.2) is 5.76 Å². The van der Waals surface area contributed by atoms with E-state index in [1.165, 1.54) is 6.26 Å². The fourth-order valence-corrected chi connectivity index (χ4v) is 2.86. The second-order valence-corrected chi connectivity index (χ2v) is 6.08. The monoisotopic (exact) mass is 347 g/mol. The number of hydrogen-bond acceptors (Lipinski definition) is 3. The van der Waals surface area contributed by atoms with E-state index in [-0.39, 0.29) is 11.9 Å². The van der Waals surface area contributed by atoms with Crippen molar-refractivity contribution in [2.24, 2.45) is 0 Å². The first-order chi connectivity index (χ1) is 11.5. The summed E-state index contributed by atoms with van der Waals surface area (Å²) in [6, 6.07) is 8.48. The van der Waals surface area contributed by atoms with Crippen LogP contribution in [0.2, 0.25) is 5.02 Å². The SMILES string of the molecule is Cc1cc(Cl)ccc1NC(=O)N1CCN(C(=O)c2ccco2)CC1. The maximum absolute atomic E-state index is 12.4. The van der Waals surface area contributed by atoms with Gasteiger partial charge >= 0.3 is 6.03 Å². The molecule has 1 aromatic heterocycles. The van der Waals surface area contributed by atoms with Crippen LogP contribution in [0.5, 0.6) is 0 Å². The molecule has 1 N–H and O–H groups in total. The number of carbonyl (C=O) groups is 2. The summed E-state index contributed by atoms with van der Waals surface area (Å²) >= 11 is 5.92. The highest BCUT2D eigenvalue weighted by Crippen LogP contribution is 2.20. The molecule has 0 spiro atoms. The number of benzene rings is 1. The van der Waals surface area contributed by atoms with Crippen LogP contribution in [0.3, 0.4) is 0 Å². The summed E-state index contributed by atoms with van der Waals surface area (Å²) in [4.78, 5) is 28.0. The molecule has 24 heavy (non-hydrogen) atoms. The molecule has 1 aliphatic heterocycles. The van der Waals surface area contributed by atoms with E-state index in [0.29, 0.717) is 37.0 Å². The van der Waals surface area contributed by atoms with Gasteiger partial charge in [0, 0.05) is 36.9 Å². The van der Waals surface area contributed by atoms with Gasteiger partial charge < -0.3 is 19.5 Å². The molecule has 1 fully saturated rings. The second kappa shape index (κ2) is 6.97. The van der Waals surface area contributed by atoms with Gasteiger partial charge in [-0.25, -0.2) is 4.79 Å². The molecule has 7 heteroatoms. The van der Waals surface area contributed by atoms with Crippen LogP contribution in [-0.2, 0) is 0 Å². The summed E-state index contributed by atoms with van der Waals surface area (Å²) in [5.41, 5.74) is 1.64.